The molecule has 0 bridgehead atoms. The Bertz CT molecular complexity index is 850. The normalized spacial score (nSPS) is 14.5. The number of carbonyl (C=O) groups excluding carboxylic acids is 2. The number of ketones is 2. The minimum absolute atomic E-state index is 0.0165. The minimum atomic E-state index is -0.507. The molecule has 3 rings (SSSR count). The summed E-state index contributed by atoms with van der Waals surface area (Å²) in [7, 11) is 0. The highest BCUT2D eigenvalue weighted by molar-refractivity contribution is 6.55. The summed E-state index contributed by atoms with van der Waals surface area (Å²) in [6.45, 7) is 0.794. The molecule has 2 N–H and O–H groups in total. The van der Waals surface area contributed by atoms with E-state index in [0.29, 0.717) is 25.9 Å². The first-order valence-electron chi connectivity index (χ1n) is 8.74. The number of rotatable bonds is 8. The van der Waals surface area contributed by atoms with Gasteiger partial charge in [-0.2, -0.15) is 0 Å². The van der Waals surface area contributed by atoms with Crippen molar-refractivity contribution in [1.82, 2.24) is 20.6 Å². The van der Waals surface area contributed by atoms with E-state index in [2.05, 4.69) is 20.6 Å². The van der Waals surface area contributed by atoms with E-state index in [9.17, 15) is 9.59 Å². The zero-order valence-electron chi connectivity index (χ0n) is 14.9. The zero-order chi connectivity index (χ0) is 19.9. The lowest BCUT2D eigenvalue weighted by Gasteiger charge is -2.20. The highest BCUT2D eigenvalue weighted by Gasteiger charge is 2.33. The van der Waals surface area contributed by atoms with Crippen LogP contribution >= 0.6 is 23.2 Å². The van der Waals surface area contributed by atoms with Crippen LogP contribution in [0, 0.1) is 0 Å². The van der Waals surface area contributed by atoms with Gasteiger partial charge in [-0.25, -0.2) is 0 Å². The summed E-state index contributed by atoms with van der Waals surface area (Å²) in [4.78, 5) is 33.5. The number of carbonyl (C=O) groups is 2. The molecule has 0 fully saturated rings. The van der Waals surface area contributed by atoms with Crippen molar-refractivity contribution in [3.63, 3.8) is 0 Å². The standard InChI is InChI=1S/C20H18Cl2N4O2/c21-15-17(25-11-7-13-5-1-3-9-23-13)19(27)16(22)18(20(15)28)26-12-8-14-6-2-4-10-24-14/h1-6,9-10,25-26H,7-8,11-12H2. The summed E-state index contributed by atoms with van der Waals surface area (Å²) in [5, 5.41) is 5.49. The molecule has 6 nitrogen and oxygen atoms in total. The Labute approximate surface area is 172 Å². The number of nitrogens with zero attached hydrogens (tertiary/aromatic N) is 2. The van der Waals surface area contributed by atoms with Gasteiger partial charge in [-0.1, -0.05) is 35.3 Å². The van der Waals surface area contributed by atoms with E-state index in [1.165, 1.54) is 0 Å². The summed E-state index contributed by atoms with van der Waals surface area (Å²) in [5.74, 6) is -1.01. The molecule has 0 radical (unpaired) electrons. The zero-order valence-corrected chi connectivity index (χ0v) is 16.4. The minimum Gasteiger partial charge on any atom is -0.380 e. The molecule has 8 heteroatoms. The molecule has 0 aliphatic heterocycles. The maximum atomic E-state index is 12.6. The number of Topliss-reactive ketones (excluding diaryl/α,β-unsaturated/α-hetero) is 2. The van der Waals surface area contributed by atoms with Gasteiger partial charge >= 0.3 is 0 Å². The van der Waals surface area contributed by atoms with Crippen molar-refractivity contribution in [3.8, 4) is 0 Å². The Morgan fingerprint density at radius 1 is 0.714 bits per heavy atom. The van der Waals surface area contributed by atoms with Gasteiger partial charge in [0.2, 0.25) is 11.6 Å². The smallest absolute Gasteiger partial charge is 0.224 e. The van der Waals surface area contributed by atoms with Crippen molar-refractivity contribution in [2.24, 2.45) is 0 Å². The molecule has 0 saturated heterocycles. The van der Waals surface area contributed by atoms with E-state index >= 15 is 0 Å². The first-order chi connectivity index (χ1) is 13.6. The van der Waals surface area contributed by atoms with Crippen LogP contribution in [0.15, 0.2) is 70.3 Å². The molecule has 28 heavy (non-hydrogen) atoms. The maximum absolute atomic E-state index is 12.6. The molecule has 2 heterocycles. The second-order valence-corrected chi connectivity index (χ2v) is 6.79. The fraction of sp³-hybridized carbons (Fsp3) is 0.200. The van der Waals surface area contributed by atoms with Gasteiger partial charge in [0, 0.05) is 49.7 Å². The number of nitrogens with one attached hydrogen (secondary N) is 2. The Morgan fingerprint density at radius 3 is 1.50 bits per heavy atom. The van der Waals surface area contributed by atoms with Gasteiger partial charge in [0.25, 0.3) is 0 Å². The predicted molar refractivity (Wildman–Crippen MR) is 108 cm³/mol. The van der Waals surface area contributed by atoms with Crippen LogP contribution in [0.2, 0.25) is 0 Å². The summed E-state index contributed by atoms with van der Waals surface area (Å²) in [6.07, 6.45) is 4.54. The van der Waals surface area contributed by atoms with Gasteiger partial charge in [0.15, 0.2) is 0 Å². The molecule has 0 saturated carbocycles. The van der Waals surface area contributed by atoms with Crippen molar-refractivity contribution in [2.45, 2.75) is 12.8 Å². The Morgan fingerprint density at radius 2 is 1.14 bits per heavy atom. The molecule has 0 atom stereocenters. The van der Waals surface area contributed by atoms with Crippen LogP contribution < -0.4 is 10.6 Å². The van der Waals surface area contributed by atoms with E-state index in [0.717, 1.165) is 11.4 Å². The number of halogens is 2. The Balaban J connectivity index is 1.61. The van der Waals surface area contributed by atoms with Gasteiger partial charge in [-0.3, -0.25) is 19.6 Å². The monoisotopic (exact) mass is 416 g/mol. The summed E-state index contributed by atoms with van der Waals surface area (Å²) < 4.78 is 0. The van der Waals surface area contributed by atoms with Crippen LogP contribution in [0.1, 0.15) is 11.4 Å². The molecule has 2 aromatic rings. The highest BCUT2D eigenvalue weighted by Crippen LogP contribution is 2.26. The number of pyridine rings is 2. The van der Waals surface area contributed by atoms with Gasteiger partial charge < -0.3 is 10.6 Å². The second-order valence-electron chi connectivity index (χ2n) is 6.03. The largest absolute Gasteiger partial charge is 0.380 e. The fourth-order valence-electron chi connectivity index (χ4n) is 2.68. The maximum Gasteiger partial charge on any atom is 0.224 e. The van der Waals surface area contributed by atoms with Crippen molar-refractivity contribution in [2.75, 3.05) is 13.1 Å². The van der Waals surface area contributed by atoms with Crippen molar-refractivity contribution < 1.29 is 9.59 Å². The van der Waals surface area contributed by atoms with Crippen molar-refractivity contribution in [3.05, 3.63) is 81.6 Å². The summed E-state index contributed by atoms with van der Waals surface area (Å²) >= 11 is 12.3. The molecule has 1 aliphatic carbocycles. The molecule has 0 aromatic carbocycles. The number of hydrogen-bond acceptors (Lipinski definition) is 6. The van der Waals surface area contributed by atoms with Crippen LogP contribution in [0.4, 0.5) is 0 Å². The first-order valence-corrected chi connectivity index (χ1v) is 9.50. The van der Waals surface area contributed by atoms with Gasteiger partial charge in [-0.15, -0.1) is 0 Å². The lowest BCUT2D eigenvalue weighted by atomic mass is 10.0. The Kier molecular flexibility index (Phi) is 6.79. The quantitative estimate of drug-likeness (QED) is 0.643. The SMILES string of the molecule is O=C1C(Cl)=C(NCCc2ccccn2)C(=O)C(Cl)=C1NCCc1ccccn1. The van der Waals surface area contributed by atoms with E-state index in [1.54, 1.807) is 12.4 Å². The molecular weight excluding hydrogens is 399 g/mol. The van der Waals surface area contributed by atoms with Crippen LogP contribution in [0.25, 0.3) is 0 Å². The summed E-state index contributed by atoms with van der Waals surface area (Å²) in [6, 6.07) is 11.2. The van der Waals surface area contributed by atoms with Crippen LogP contribution in [-0.4, -0.2) is 34.6 Å². The van der Waals surface area contributed by atoms with E-state index in [4.69, 9.17) is 23.2 Å². The molecule has 2 aromatic heterocycles. The number of allylic oxidation sites excluding steroid dienone is 2. The van der Waals surface area contributed by atoms with Gasteiger partial charge in [0.05, 0.1) is 0 Å². The average molecular weight is 417 g/mol. The van der Waals surface area contributed by atoms with E-state index in [-0.39, 0.29) is 21.5 Å². The second kappa shape index (κ2) is 9.48. The summed E-state index contributed by atoms with van der Waals surface area (Å²) in [5.41, 5.74) is 1.75. The van der Waals surface area contributed by atoms with Crippen LogP contribution in [0.5, 0.6) is 0 Å². The van der Waals surface area contributed by atoms with Gasteiger partial charge in [0.1, 0.15) is 21.5 Å². The third-order valence-electron chi connectivity index (χ3n) is 4.11. The van der Waals surface area contributed by atoms with Crippen LogP contribution in [0.3, 0.4) is 0 Å². The van der Waals surface area contributed by atoms with Crippen LogP contribution in [-0.2, 0) is 22.4 Å². The highest BCUT2D eigenvalue weighted by atomic mass is 35.5. The number of hydrogen-bond donors (Lipinski definition) is 2. The molecule has 0 unspecified atom stereocenters. The lowest BCUT2D eigenvalue weighted by molar-refractivity contribution is -0.116. The van der Waals surface area contributed by atoms with Crippen molar-refractivity contribution >= 4 is 34.8 Å². The van der Waals surface area contributed by atoms with Gasteiger partial charge in [-0.05, 0) is 24.3 Å². The van der Waals surface area contributed by atoms with Crippen molar-refractivity contribution in [1.29, 1.82) is 0 Å². The fourth-order valence-corrected chi connectivity index (χ4v) is 3.18. The average Bonchev–Trinajstić information content (AvgIpc) is 2.73. The topological polar surface area (TPSA) is 84.0 Å². The van der Waals surface area contributed by atoms with E-state index < -0.39 is 11.6 Å². The molecular formula is C20H18Cl2N4O2. The third-order valence-corrected chi connectivity index (χ3v) is 4.83. The lowest BCUT2D eigenvalue weighted by Crippen LogP contribution is -2.35. The molecule has 144 valence electrons. The third kappa shape index (κ3) is 4.77. The number of aromatic nitrogens is 2. The Hall–Kier alpha value is -2.70. The first kappa shape index (κ1) is 20.0. The predicted octanol–water partition coefficient (Wildman–Crippen LogP) is 2.49. The molecule has 0 amide bonds. The molecule has 0 spiro atoms. The van der Waals surface area contributed by atoms with E-state index in [1.807, 2.05) is 36.4 Å². The molecule has 1 aliphatic rings.